The molecule has 0 N–H and O–H groups in total. The summed E-state index contributed by atoms with van der Waals surface area (Å²) in [5, 5.41) is 8.86. The molecule has 1 aromatic rings. The van der Waals surface area contributed by atoms with Crippen molar-refractivity contribution in [3.8, 4) is 11.9 Å². The number of aromatic nitrogens is 2. The minimum atomic E-state index is -3.72. The van der Waals surface area contributed by atoms with Crippen LogP contribution in [0.15, 0.2) is 6.07 Å². The van der Waals surface area contributed by atoms with Gasteiger partial charge in [-0.1, -0.05) is 0 Å². The van der Waals surface area contributed by atoms with Crippen molar-refractivity contribution in [2.24, 2.45) is 0 Å². The summed E-state index contributed by atoms with van der Waals surface area (Å²) in [7, 11) is -0.639. The lowest BCUT2D eigenvalue weighted by atomic mass is 10.4. The third-order valence-corrected chi connectivity index (χ3v) is 1.57. The molecule has 98 valence electrons. The minimum Gasteiger partial charge on any atom is -0.707 e. The SMILES string of the molecule is COc1cc(C)nc(OC)n1.CS(=O)(=O)O[O-]. The molecule has 8 nitrogen and oxygen atoms in total. The lowest BCUT2D eigenvalue weighted by molar-refractivity contribution is -0.634. The van der Waals surface area contributed by atoms with Crippen LogP contribution in [0.25, 0.3) is 0 Å². The van der Waals surface area contributed by atoms with Crippen LogP contribution in [-0.4, -0.2) is 38.9 Å². The first-order chi connectivity index (χ1) is 7.82. The fourth-order valence-corrected chi connectivity index (χ4v) is 0.709. The summed E-state index contributed by atoms with van der Waals surface area (Å²) in [6.45, 7) is 1.85. The Bertz CT molecular complexity index is 425. The molecule has 0 aliphatic heterocycles. The zero-order chi connectivity index (χ0) is 13.5. The van der Waals surface area contributed by atoms with Crippen LogP contribution in [0.2, 0.25) is 0 Å². The average molecular weight is 265 g/mol. The first kappa shape index (κ1) is 15.6. The maximum absolute atomic E-state index is 9.47. The molecule has 0 bridgehead atoms. The molecule has 0 saturated carbocycles. The van der Waals surface area contributed by atoms with Crippen molar-refractivity contribution >= 4 is 10.1 Å². The lowest BCUT2D eigenvalue weighted by Crippen LogP contribution is -2.12. The highest BCUT2D eigenvalue weighted by Crippen LogP contribution is 2.11. The summed E-state index contributed by atoms with van der Waals surface area (Å²) in [5.41, 5.74) is 0.828. The topological polar surface area (TPSA) is 111 Å². The van der Waals surface area contributed by atoms with E-state index in [1.54, 1.807) is 13.2 Å². The van der Waals surface area contributed by atoms with Crippen LogP contribution in [0.1, 0.15) is 5.69 Å². The van der Waals surface area contributed by atoms with Crippen LogP contribution in [0.4, 0.5) is 0 Å². The van der Waals surface area contributed by atoms with E-state index in [2.05, 4.69) is 14.3 Å². The number of ether oxygens (including phenoxy) is 2. The second kappa shape index (κ2) is 6.99. The molecule has 1 aromatic heterocycles. The van der Waals surface area contributed by atoms with Crippen LogP contribution in [0.3, 0.4) is 0 Å². The van der Waals surface area contributed by atoms with Crippen molar-refractivity contribution in [1.29, 1.82) is 0 Å². The first-order valence-corrected chi connectivity index (χ1v) is 6.09. The summed E-state index contributed by atoms with van der Waals surface area (Å²) in [5.74, 6) is 0.523. The molecule has 1 rings (SSSR count). The van der Waals surface area contributed by atoms with E-state index in [1.807, 2.05) is 6.92 Å². The Morgan fingerprint density at radius 1 is 1.24 bits per heavy atom. The monoisotopic (exact) mass is 265 g/mol. The molecule has 0 aromatic carbocycles. The van der Waals surface area contributed by atoms with Gasteiger partial charge in [-0.25, -0.2) is 13.4 Å². The van der Waals surface area contributed by atoms with Crippen molar-refractivity contribution in [3.63, 3.8) is 0 Å². The summed E-state index contributed by atoms with van der Waals surface area (Å²) in [6.07, 6.45) is 0.681. The predicted octanol–water partition coefficient (Wildman–Crippen LogP) is -0.960. The number of rotatable bonds is 3. The van der Waals surface area contributed by atoms with E-state index in [9.17, 15) is 8.42 Å². The lowest BCUT2D eigenvalue weighted by Gasteiger charge is -2.01. The molecule has 17 heavy (non-hydrogen) atoms. The Balaban J connectivity index is 0.000000366. The van der Waals surface area contributed by atoms with Gasteiger partial charge in [-0.05, 0) is 6.92 Å². The molecule has 0 spiro atoms. The quantitative estimate of drug-likeness (QED) is 0.507. The Kier molecular flexibility index (Phi) is 6.39. The molecule has 0 fully saturated rings. The van der Waals surface area contributed by atoms with E-state index in [0.717, 1.165) is 5.69 Å². The first-order valence-electron chi connectivity index (χ1n) is 4.27. The van der Waals surface area contributed by atoms with Crippen molar-refractivity contribution < 1.29 is 27.5 Å². The molecular weight excluding hydrogens is 252 g/mol. The smallest absolute Gasteiger partial charge is 0.319 e. The Morgan fingerprint density at radius 2 is 1.76 bits per heavy atom. The second-order valence-corrected chi connectivity index (χ2v) is 4.35. The van der Waals surface area contributed by atoms with Crippen molar-refractivity contribution in [2.75, 3.05) is 20.5 Å². The highest BCUT2D eigenvalue weighted by Gasteiger charge is 1.99. The number of methoxy groups -OCH3 is 2. The van der Waals surface area contributed by atoms with Gasteiger partial charge in [0.15, 0.2) is 0 Å². The number of hydrogen-bond acceptors (Lipinski definition) is 8. The largest absolute Gasteiger partial charge is 0.707 e. The maximum Gasteiger partial charge on any atom is 0.319 e. The normalized spacial score (nSPS) is 10.2. The highest BCUT2D eigenvalue weighted by molar-refractivity contribution is 7.85. The number of nitrogens with zero attached hydrogens (tertiary/aromatic N) is 2. The molecule has 0 radical (unpaired) electrons. The molecule has 1 heterocycles. The van der Waals surface area contributed by atoms with Crippen molar-refractivity contribution in [2.45, 2.75) is 6.92 Å². The van der Waals surface area contributed by atoms with Gasteiger partial charge in [0.1, 0.15) is 0 Å². The molecule has 0 unspecified atom stereocenters. The van der Waals surface area contributed by atoms with E-state index < -0.39 is 10.1 Å². The molecule has 9 heteroatoms. The maximum atomic E-state index is 9.47. The molecule has 0 amide bonds. The Labute approximate surface area is 99.2 Å². The van der Waals surface area contributed by atoms with E-state index in [-0.39, 0.29) is 0 Å². The third-order valence-electron chi connectivity index (χ3n) is 1.33. The van der Waals surface area contributed by atoms with E-state index >= 15 is 0 Å². The molecular formula is C8H13N2O6S-. The van der Waals surface area contributed by atoms with Gasteiger partial charge in [0, 0.05) is 11.8 Å². The summed E-state index contributed by atoms with van der Waals surface area (Å²) in [6, 6.07) is 2.07. The van der Waals surface area contributed by atoms with Gasteiger partial charge < -0.3 is 19.1 Å². The van der Waals surface area contributed by atoms with Crippen molar-refractivity contribution in [3.05, 3.63) is 11.8 Å². The van der Waals surface area contributed by atoms with E-state index in [4.69, 9.17) is 14.7 Å². The Morgan fingerprint density at radius 3 is 2.12 bits per heavy atom. The summed E-state index contributed by atoms with van der Waals surface area (Å²) in [4.78, 5) is 7.90. The molecule has 0 atom stereocenters. The van der Waals surface area contributed by atoms with Crippen molar-refractivity contribution in [1.82, 2.24) is 9.97 Å². The summed E-state index contributed by atoms with van der Waals surface area (Å²) < 4.78 is 31.3. The Hall–Kier alpha value is -1.45. The summed E-state index contributed by atoms with van der Waals surface area (Å²) >= 11 is 0. The van der Waals surface area contributed by atoms with Crippen LogP contribution >= 0.6 is 0 Å². The molecule has 0 saturated heterocycles. The predicted molar refractivity (Wildman–Crippen MR) is 55.8 cm³/mol. The third kappa shape index (κ3) is 7.44. The van der Waals surface area contributed by atoms with Crippen LogP contribution in [0.5, 0.6) is 11.9 Å². The molecule has 0 aliphatic carbocycles. The minimum absolute atomic E-state index is 0.335. The number of aryl methyl sites for hydroxylation is 1. The van der Waals surface area contributed by atoms with Gasteiger partial charge in [0.2, 0.25) is 5.88 Å². The van der Waals surface area contributed by atoms with Crippen LogP contribution < -0.4 is 14.7 Å². The van der Waals surface area contributed by atoms with E-state index in [1.165, 1.54) is 7.11 Å². The van der Waals surface area contributed by atoms with Crippen LogP contribution in [0, 0.1) is 6.92 Å². The van der Waals surface area contributed by atoms with Gasteiger partial charge >= 0.3 is 6.01 Å². The highest BCUT2D eigenvalue weighted by atomic mass is 32.2. The van der Waals surface area contributed by atoms with Gasteiger partial charge in [-0.2, -0.15) is 4.98 Å². The van der Waals surface area contributed by atoms with Gasteiger partial charge in [0.05, 0.1) is 20.5 Å². The van der Waals surface area contributed by atoms with Gasteiger partial charge in [0.25, 0.3) is 10.1 Å². The fraction of sp³-hybridized carbons (Fsp3) is 0.500. The zero-order valence-electron chi connectivity index (χ0n) is 9.83. The zero-order valence-corrected chi connectivity index (χ0v) is 10.6. The molecule has 0 aliphatic rings. The fourth-order valence-electron chi connectivity index (χ4n) is 0.709. The van der Waals surface area contributed by atoms with Gasteiger partial charge in [-0.3, -0.25) is 0 Å². The van der Waals surface area contributed by atoms with Gasteiger partial charge in [-0.15, -0.1) is 0 Å². The second-order valence-electron chi connectivity index (χ2n) is 2.81. The average Bonchev–Trinajstić information content (AvgIpc) is 2.28. The van der Waals surface area contributed by atoms with Crippen LogP contribution in [-0.2, 0) is 14.5 Å². The number of hydrogen-bond donors (Lipinski definition) is 0. The standard InChI is InChI=1S/C7H10N2O2.CH4O4S/c1-5-4-6(10-2)9-7(8-5)11-3;1-6(3,4)5-2/h4H,1-3H3;2H,1H3/p-1. The van der Waals surface area contributed by atoms with E-state index in [0.29, 0.717) is 18.1 Å².